The summed E-state index contributed by atoms with van der Waals surface area (Å²) in [6.45, 7) is 7.23. The molecule has 3 aromatic carbocycles. The number of nitrogens with zero attached hydrogens (tertiary/aromatic N) is 2. The molecular formula is C33H36N2O8. The lowest BCUT2D eigenvalue weighted by molar-refractivity contribution is 0.0534. The molecule has 0 fully saturated rings. The SMILES string of the molecule is COC(=O)c1c(-c2cc(OC)c(C)c(OC)c2)c2ccc(OCc3ccccc3)cc2c(=O)n1N(C)C(=O)OC(C)(C)C. The number of ether oxygens (including phenoxy) is 5. The first-order chi connectivity index (χ1) is 20.4. The van der Waals surface area contributed by atoms with Crippen LogP contribution in [0.25, 0.3) is 21.9 Å². The van der Waals surface area contributed by atoms with Gasteiger partial charge in [-0.05, 0) is 74.5 Å². The zero-order valence-corrected chi connectivity index (χ0v) is 25.6. The summed E-state index contributed by atoms with van der Waals surface area (Å²) in [5, 5.41) is 1.59. The minimum Gasteiger partial charge on any atom is -0.496 e. The normalized spacial score (nSPS) is 11.2. The van der Waals surface area contributed by atoms with Crippen molar-refractivity contribution in [2.75, 3.05) is 33.4 Å². The number of carbonyl (C=O) groups is 2. The van der Waals surface area contributed by atoms with Gasteiger partial charge in [-0.2, -0.15) is 0 Å². The van der Waals surface area contributed by atoms with Crippen LogP contribution in [0.3, 0.4) is 0 Å². The van der Waals surface area contributed by atoms with Gasteiger partial charge in [-0.1, -0.05) is 30.3 Å². The summed E-state index contributed by atoms with van der Waals surface area (Å²) >= 11 is 0. The first-order valence-corrected chi connectivity index (χ1v) is 13.6. The standard InChI is InChI=1S/C33H36N2O8/c1-20-26(39-6)16-22(17-27(20)40-7)28-24-15-14-23(42-19-21-12-10-9-11-13-21)18-25(24)30(36)35(29(28)31(37)41-8)34(5)32(38)43-33(2,3)4/h9-18H,19H2,1-8H3. The predicted octanol–water partition coefficient (Wildman–Crippen LogP) is 5.86. The number of rotatable bonds is 8. The zero-order valence-electron chi connectivity index (χ0n) is 25.6. The Labute approximate surface area is 250 Å². The first kappa shape index (κ1) is 31.0. The number of amides is 1. The number of carbonyl (C=O) groups excluding carboxylic acids is 2. The van der Waals surface area contributed by atoms with Gasteiger partial charge in [-0.3, -0.25) is 4.79 Å². The number of hydrogen-bond acceptors (Lipinski definition) is 8. The van der Waals surface area contributed by atoms with Gasteiger partial charge in [0.1, 0.15) is 29.5 Å². The maximum atomic E-state index is 14.2. The van der Waals surface area contributed by atoms with Gasteiger partial charge < -0.3 is 23.7 Å². The summed E-state index contributed by atoms with van der Waals surface area (Å²) in [6, 6.07) is 18.1. The van der Waals surface area contributed by atoms with Gasteiger partial charge in [0.05, 0.1) is 26.7 Å². The summed E-state index contributed by atoms with van der Waals surface area (Å²) in [6.07, 6.45) is -0.847. The topological polar surface area (TPSA) is 106 Å². The number of aromatic nitrogens is 1. The predicted molar refractivity (Wildman–Crippen MR) is 164 cm³/mol. The van der Waals surface area contributed by atoms with E-state index in [4.69, 9.17) is 23.7 Å². The van der Waals surface area contributed by atoms with E-state index in [0.717, 1.165) is 20.8 Å². The Bertz CT molecular complexity index is 1700. The number of esters is 1. The molecule has 0 radical (unpaired) electrons. The Morgan fingerprint density at radius 3 is 2.07 bits per heavy atom. The van der Waals surface area contributed by atoms with Crippen molar-refractivity contribution < 1.29 is 33.3 Å². The average molecular weight is 589 g/mol. The highest BCUT2D eigenvalue weighted by atomic mass is 16.6. The van der Waals surface area contributed by atoms with Crippen LogP contribution in [0.4, 0.5) is 4.79 Å². The Hall–Kier alpha value is -4.99. The van der Waals surface area contributed by atoms with Gasteiger partial charge in [-0.15, -0.1) is 0 Å². The van der Waals surface area contributed by atoms with E-state index in [2.05, 4.69) is 0 Å². The molecule has 0 saturated carbocycles. The average Bonchev–Trinajstić information content (AvgIpc) is 2.99. The Morgan fingerprint density at radius 2 is 1.51 bits per heavy atom. The van der Waals surface area contributed by atoms with Gasteiger partial charge >= 0.3 is 12.1 Å². The smallest absolute Gasteiger partial charge is 0.429 e. The largest absolute Gasteiger partial charge is 0.496 e. The third-order valence-corrected chi connectivity index (χ3v) is 6.76. The van der Waals surface area contributed by atoms with E-state index < -0.39 is 23.2 Å². The van der Waals surface area contributed by atoms with Gasteiger partial charge in [0, 0.05) is 18.2 Å². The minimum atomic E-state index is -0.865. The Kier molecular flexibility index (Phi) is 8.99. The first-order valence-electron chi connectivity index (χ1n) is 13.6. The van der Waals surface area contributed by atoms with E-state index in [0.29, 0.717) is 33.8 Å². The van der Waals surface area contributed by atoms with Gasteiger partial charge in [0.25, 0.3) is 5.56 Å². The quantitative estimate of drug-likeness (QED) is 0.236. The van der Waals surface area contributed by atoms with Crippen LogP contribution in [-0.4, -0.2) is 50.7 Å². The molecule has 10 nitrogen and oxygen atoms in total. The molecular weight excluding hydrogens is 552 g/mol. The number of pyridine rings is 1. The maximum Gasteiger partial charge on any atom is 0.429 e. The fourth-order valence-corrected chi connectivity index (χ4v) is 4.70. The molecule has 1 amide bonds. The fourth-order valence-electron chi connectivity index (χ4n) is 4.70. The van der Waals surface area contributed by atoms with Crippen LogP contribution in [0, 0.1) is 6.92 Å². The Morgan fingerprint density at radius 1 is 0.884 bits per heavy atom. The maximum absolute atomic E-state index is 14.2. The molecule has 43 heavy (non-hydrogen) atoms. The van der Waals surface area contributed by atoms with Crippen molar-refractivity contribution in [1.29, 1.82) is 0 Å². The lowest BCUT2D eigenvalue weighted by atomic mass is 9.95. The zero-order chi connectivity index (χ0) is 31.5. The van der Waals surface area contributed by atoms with E-state index in [1.54, 1.807) is 51.1 Å². The van der Waals surface area contributed by atoms with E-state index >= 15 is 0 Å². The second kappa shape index (κ2) is 12.5. The van der Waals surface area contributed by atoms with Crippen molar-refractivity contribution in [2.24, 2.45) is 0 Å². The number of methoxy groups -OCH3 is 3. The molecule has 0 aliphatic rings. The molecule has 226 valence electrons. The van der Waals surface area contributed by atoms with Crippen LogP contribution in [-0.2, 0) is 16.1 Å². The molecule has 0 unspecified atom stereocenters. The highest BCUT2D eigenvalue weighted by Gasteiger charge is 2.31. The van der Waals surface area contributed by atoms with E-state index in [-0.39, 0.29) is 17.7 Å². The fraction of sp³-hybridized carbons (Fsp3) is 0.303. The number of hydrogen-bond donors (Lipinski definition) is 0. The Balaban J connectivity index is 2.06. The monoisotopic (exact) mass is 588 g/mol. The lowest BCUT2D eigenvalue weighted by Crippen LogP contribution is -2.48. The molecule has 0 saturated heterocycles. The van der Waals surface area contributed by atoms with Crippen LogP contribution < -0.4 is 24.8 Å². The van der Waals surface area contributed by atoms with Crippen LogP contribution in [0.15, 0.2) is 65.5 Å². The molecule has 0 atom stereocenters. The van der Waals surface area contributed by atoms with Gasteiger partial charge in [0.15, 0.2) is 5.69 Å². The summed E-state index contributed by atoms with van der Waals surface area (Å²) < 4.78 is 28.9. The molecule has 4 rings (SSSR count). The van der Waals surface area contributed by atoms with Crippen LogP contribution in [0.5, 0.6) is 17.2 Å². The van der Waals surface area contributed by atoms with Gasteiger partial charge in [0.2, 0.25) is 0 Å². The lowest BCUT2D eigenvalue weighted by Gasteiger charge is -2.28. The molecule has 0 aliphatic heterocycles. The van der Waals surface area contributed by atoms with E-state index in [1.165, 1.54) is 28.4 Å². The van der Waals surface area contributed by atoms with Crippen LogP contribution in [0.1, 0.15) is 42.4 Å². The summed E-state index contributed by atoms with van der Waals surface area (Å²) in [5.41, 5.74) is 0.815. The van der Waals surface area contributed by atoms with Crippen molar-refractivity contribution in [2.45, 2.75) is 39.9 Å². The van der Waals surface area contributed by atoms with Crippen molar-refractivity contribution in [3.8, 4) is 28.4 Å². The summed E-state index contributed by atoms with van der Waals surface area (Å²) in [7, 11) is 5.61. The molecule has 0 aliphatic carbocycles. The van der Waals surface area contributed by atoms with Crippen LogP contribution in [0.2, 0.25) is 0 Å². The van der Waals surface area contributed by atoms with Crippen molar-refractivity contribution in [3.05, 3.63) is 87.8 Å². The molecule has 0 spiro atoms. The van der Waals surface area contributed by atoms with E-state index in [9.17, 15) is 14.4 Å². The molecule has 0 bridgehead atoms. The second-order valence-corrected chi connectivity index (χ2v) is 10.8. The van der Waals surface area contributed by atoms with Crippen molar-refractivity contribution in [3.63, 3.8) is 0 Å². The third kappa shape index (κ3) is 6.43. The minimum absolute atomic E-state index is 0.181. The molecule has 10 heteroatoms. The van der Waals surface area contributed by atoms with Crippen molar-refractivity contribution >= 4 is 22.8 Å². The summed E-state index contributed by atoms with van der Waals surface area (Å²) in [5.74, 6) is 0.585. The highest BCUT2D eigenvalue weighted by Crippen LogP contribution is 2.39. The molecule has 0 N–H and O–H groups in total. The third-order valence-electron chi connectivity index (χ3n) is 6.76. The molecule has 4 aromatic rings. The summed E-state index contributed by atoms with van der Waals surface area (Å²) in [4.78, 5) is 40.9. The van der Waals surface area contributed by atoms with Crippen LogP contribution >= 0.6 is 0 Å². The number of fused-ring (bicyclic) bond motifs is 1. The number of benzene rings is 3. The second-order valence-electron chi connectivity index (χ2n) is 10.8. The molecule has 1 aromatic heterocycles. The molecule has 1 heterocycles. The van der Waals surface area contributed by atoms with Gasteiger partial charge in [-0.25, -0.2) is 19.3 Å². The van der Waals surface area contributed by atoms with E-state index in [1.807, 2.05) is 37.3 Å². The van der Waals surface area contributed by atoms with Crippen molar-refractivity contribution in [1.82, 2.24) is 4.68 Å². The highest BCUT2D eigenvalue weighted by molar-refractivity contribution is 6.07.